The molecule has 1 aliphatic carbocycles. The van der Waals surface area contributed by atoms with Crippen LogP contribution in [0.3, 0.4) is 0 Å². The fourth-order valence-corrected chi connectivity index (χ4v) is 2.49. The van der Waals surface area contributed by atoms with Gasteiger partial charge in [-0.1, -0.05) is 48.2 Å². The minimum Gasteiger partial charge on any atom is -0.250 e. The van der Waals surface area contributed by atoms with Crippen LogP contribution in [0.15, 0.2) is 83.1 Å². The van der Waals surface area contributed by atoms with E-state index in [1.54, 1.807) is 24.2 Å². The van der Waals surface area contributed by atoms with Gasteiger partial charge in [-0.25, -0.2) is 9.97 Å². The molecule has 1 aliphatic rings. The van der Waals surface area contributed by atoms with Gasteiger partial charge >= 0.3 is 0 Å². The van der Waals surface area contributed by atoms with Gasteiger partial charge in [0.05, 0.1) is 0 Å². The largest absolute Gasteiger partial charge is 0.250 e. The molecule has 20 heavy (non-hydrogen) atoms. The molecular formula is C17H14N2S. The van der Waals surface area contributed by atoms with Crippen LogP contribution < -0.4 is 0 Å². The topological polar surface area (TPSA) is 25.8 Å². The first-order chi connectivity index (χ1) is 9.92. The second-order valence-electron chi connectivity index (χ2n) is 4.38. The molecule has 98 valence electrons. The van der Waals surface area contributed by atoms with Crippen molar-refractivity contribution in [2.75, 3.05) is 0 Å². The molecule has 1 aromatic carbocycles. The lowest BCUT2D eigenvalue weighted by atomic mass is 10.4. The Hall–Kier alpha value is -2.13. The predicted molar refractivity (Wildman–Crippen MR) is 81.8 cm³/mol. The van der Waals surface area contributed by atoms with Crippen LogP contribution in [-0.4, -0.2) is 9.97 Å². The van der Waals surface area contributed by atoms with Crippen molar-refractivity contribution < 1.29 is 0 Å². The number of hydrogen-bond donors (Lipinski definition) is 0. The molecule has 0 bridgehead atoms. The number of fused-ring (bicyclic) bond motifs is 1. The number of rotatable bonds is 2. The summed E-state index contributed by atoms with van der Waals surface area (Å²) < 4.78 is 0. The third-order valence-corrected chi connectivity index (χ3v) is 3.76. The molecule has 0 fully saturated rings. The van der Waals surface area contributed by atoms with E-state index in [1.807, 2.05) is 36.4 Å². The molecular weight excluding hydrogens is 264 g/mol. The van der Waals surface area contributed by atoms with Crippen molar-refractivity contribution in [3.05, 3.63) is 84.2 Å². The third-order valence-electron chi connectivity index (χ3n) is 2.86. The predicted octanol–water partition coefficient (Wildman–Crippen LogP) is 4.22. The van der Waals surface area contributed by atoms with Crippen LogP contribution in [0.1, 0.15) is 11.1 Å². The Morgan fingerprint density at radius 1 is 0.650 bits per heavy atom. The van der Waals surface area contributed by atoms with Gasteiger partial charge in [0, 0.05) is 12.4 Å². The van der Waals surface area contributed by atoms with Crippen molar-refractivity contribution in [1.29, 1.82) is 0 Å². The fraction of sp³-hybridized carbons (Fsp3) is 0.0588. The van der Waals surface area contributed by atoms with E-state index in [1.165, 1.54) is 17.5 Å². The van der Waals surface area contributed by atoms with Crippen molar-refractivity contribution in [1.82, 2.24) is 9.97 Å². The van der Waals surface area contributed by atoms with Gasteiger partial charge in [0.25, 0.3) is 0 Å². The van der Waals surface area contributed by atoms with Crippen LogP contribution >= 0.6 is 11.8 Å². The molecule has 0 amide bonds. The van der Waals surface area contributed by atoms with E-state index < -0.39 is 0 Å². The lowest BCUT2D eigenvalue weighted by molar-refractivity contribution is 1.09. The van der Waals surface area contributed by atoms with Gasteiger partial charge in [0.15, 0.2) is 0 Å². The smallest absolute Gasteiger partial charge is 0.102 e. The molecule has 2 nitrogen and oxygen atoms in total. The molecule has 0 spiro atoms. The molecule has 0 saturated heterocycles. The Morgan fingerprint density at radius 2 is 1.15 bits per heavy atom. The minimum absolute atomic E-state index is 0.973. The van der Waals surface area contributed by atoms with Gasteiger partial charge in [-0.2, -0.15) is 0 Å². The molecule has 0 N–H and O–H groups in total. The highest BCUT2D eigenvalue weighted by Crippen LogP contribution is 2.25. The molecule has 2 heterocycles. The molecule has 0 saturated carbocycles. The first-order valence-electron chi connectivity index (χ1n) is 6.48. The van der Waals surface area contributed by atoms with Crippen LogP contribution in [0.4, 0.5) is 0 Å². The van der Waals surface area contributed by atoms with Gasteiger partial charge < -0.3 is 0 Å². The molecule has 0 radical (unpaired) electrons. The van der Waals surface area contributed by atoms with Crippen molar-refractivity contribution >= 4 is 11.8 Å². The van der Waals surface area contributed by atoms with E-state index in [2.05, 4.69) is 34.2 Å². The molecule has 2 aromatic heterocycles. The Balaban J connectivity index is 0.000000144. The molecule has 4 rings (SSSR count). The van der Waals surface area contributed by atoms with E-state index in [0.717, 1.165) is 10.1 Å². The lowest BCUT2D eigenvalue weighted by Gasteiger charge is -1.97. The van der Waals surface area contributed by atoms with Crippen LogP contribution in [-0.2, 0) is 6.42 Å². The monoisotopic (exact) mass is 278 g/mol. The maximum atomic E-state index is 4.20. The summed E-state index contributed by atoms with van der Waals surface area (Å²) in [6.45, 7) is 0. The Labute approximate surface area is 122 Å². The van der Waals surface area contributed by atoms with E-state index in [-0.39, 0.29) is 0 Å². The van der Waals surface area contributed by atoms with Crippen molar-refractivity contribution in [2.45, 2.75) is 16.5 Å². The highest BCUT2D eigenvalue weighted by atomic mass is 32.2. The zero-order valence-corrected chi connectivity index (χ0v) is 11.8. The average Bonchev–Trinajstić information content (AvgIpc) is 3.29. The Morgan fingerprint density at radius 3 is 1.55 bits per heavy atom. The van der Waals surface area contributed by atoms with E-state index >= 15 is 0 Å². The van der Waals surface area contributed by atoms with Crippen molar-refractivity contribution in [3.63, 3.8) is 0 Å². The highest BCUT2D eigenvalue weighted by molar-refractivity contribution is 7.99. The standard InChI is InChI=1S/C10H8N2S.C7H6/c1-3-7-11-9(5-1)13-10-6-2-4-8-12-10;1-2-4-7-5-6(7)3-1/h1-8H;1-4H,5H2. The Bertz CT molecular complexity index is 610. The van der Waals surface area contributed by atoms with Gasteiger partial charge in [-0.05, 0) is 41.8 Å². The van der Waals surface area contributed by atoms with Crippen molar-refractivity contribution in [2.24, 2.45) is 0 Å². The summed E-state index contributed by atoms with van der Waals surface area (Å²) in [5, 5.41) is 1.95. The summed E-state index contributed by atoms with van der Waals surface area (Å²) in [6, 6.07) is 20.2. The quantitative estimate of drug-likeness (QED) is 0.549. The first kappa shape index (κ1) is 12.9. The Kier molecular flexibility index (Phi) is 4.09. The maximum Gasteiger partial charge on any atom is 0.102 e. The summed E-state index contributed by atoms with van der Waals surface area (Å²) in [7, 11) is 0. The van der Waals surface area contributed by atoms with Gasteiger partial charge in [-0.3, -0.25) is 0 Å². The summed E-state index contributed by atoms with van der Waals surface area (Å²) in [6.07, 6.45) is 4.81. The second kappa shape index (κ2) is 6.35. The summed E-state index contributed by atoms with van der Waals surface area (Å²) in [5.41, 5.74) is 3.06. The van der Waals surface area contributed by atoms with E-state index in [9.17, 15) is 0 Å². The van der Waals surface area contributed by atoms with Crippen LogP contribution in [0.5, 0.6) is 0 Å². The summed E-state index contributed by atoms with van der Waals surface area (Å²) in [5.74, 6) is 0. The minimum atomic E-state index is 0.973. The SMILES string of the molecule is c1ccc(Sc2ccccn2)nc1.c1ccc2c(c1)C2. The number of pyridine rings is 2. The fourth-order valence-electron chi connectivity index (χ4n) is 1.76. The second-order valence-corrected chi connectivity index (χ2v) is 5.42. The molecule has 0 unspecified atom stereocenters. The van der Waals surface area contributed by atoms with Crippen LogP contribution in [0, 0.1) is 0 Å². The van der Waals surface area contributed by atoms with E-state index in [0.29, 0.717) is 0 Å². The normalized spacial score (nSPS) is 11.0. The molecule has 0 atom stereocenters. The zero-order valence-electron chi connectivity index (χ0n) is 10.9. The third kappa shape index (κ3) is 3.68. The van der Waals surface area contributed by atoms with Gasteiger partial charge in [0.2, 0.25) is 0 Å². The maximum absolute atomic E-state index is 4.20. The lowest BCUT2D eigenvalue weighted by Crippen LogP contribution is -1.79. The average molecular weight is 278 g/mol. The highest BCUT2D eigenvalue weighted by Gasteiger charge is 2.12. The first-order valence-corrected chi connectivity index (χ1v) is 7.30. The van der Waals surface area contributed by atoms with Crippen LogP contribution in [0.2, 0.25) is 0 Å². The van der Waals surface area contributed by atoms with Crippen LogP contribution in [0.25, 0.3) is 0 Å². The van der Waals surface area contributed by atoms with Gasteiger partial charge in [0.1, 0.15) is 10.1 Å². The van der Waals surface area contributed by atoms with Gasteiger partial charge in [-0.15, -0.1) is 0 Å². The number of aromatic nitrogens is 2. The summed E-state index contributed by atoms with van der Waals surface area (Å²) >= 11 is 1.57. The molecule has 0 aliphatic heterocycles. The molecule has 3 heteroatoms. The van der Waals surface area contributed by atoms with E-state index in [4.69, 9.17) is 0 Å². The summed E-state index contributed by atoms with van der Waals surface area (Å²) in [4.78, 5) is 8.39. The molecule has 3 aromatic rings. The number of benzene rings is 1. The zero-order chi connectivity index (χ0) is 13.6. The number of nitrogens with zero attached hydrogens (tertiary/aromatic N) is 2. The number of hydrogen-bond acceptors (Lipinski definition) is 3. The van der Waals surface area contributed by atoms with Crippen molar-refractivity contribution in [3.8, 4) is 0 Å².